The van der Waals surface area contributed by atoms with E-state index in [2.05, 4.69) is 34.3 Å². The number of amides is 1. The molecule has 4 aliphatic rings. The van der Waals surface area contributed by atoms with E-state index in [-0.39, 0.29) is 18.2 Å². The molecule has 1 amide bonds. The van der Waals surface area contributed by atoms with Gasteiger partial charge in [-0.25, -0.2) is 0 Å². The molecule has 6 nitrogen and oxygen atoms in total. The summed E-state index contributed by atoms with van der Waals surface area (Å²) in [7, 11) is 0. The first kappa shape index (κ1) is 17.0. The highest BCUT2D eigenvalue weighted by molar-refractivity contribution is 5.83. The zero-order valence-electron chi connectivity index (χ0n) is 15.9. The summed E-state index contributed by atoms with van der Waals surface area (Å²) < 4.78 is 18.1. The molecule has 0 unspecified atom stereocenters. The highest BCUT2D eigenvalue weighted by atomic mass is 16.7. The van der Waals surface area contributed by atoms with Crippen LogP contribution in [0.5, 0.6) is 0 Å². The van der Waals surface area contributed by atoms with Crippen LogP contribution in [0, 0.1) is 11.8 Å². The molecule has 1 aromatic heterocycles. The van der Waals surface area contributed by atoms with Gasteiger partial charge in [-0.3, -0.25) is 4.79 Å². The lowest BCUT2D eigenvalue weighted by Crippen LogP contribution is -2.56. The first-order valence-corrected chi connectivity index (χ1v) is 10.5. The molecule has 28 heavy (non-hydrogen) atoms. The predicted octanol–water partition coefficient (Wildman–Crippen LogP) is 2.83. The molecule has 6 rings (SSSR count). The van der Waals surface area contributed by atoms with Crippen LogP contribution in [-0.2, 0) is 25.4 Å². The third-order valence-corrected chi connectivity index (χ3v) is 7.20. The van der Waals surface area contributed by atoms with Crippen molar-refractivity contribution in [3.63, 3.8) is 0 Å². The van der Waals surface area contributed by atoms with Crippen molar-refractivity contribution in [2.45, 2.75) is 50.2 Å². The smallest absolute Gasteiger partial charge is 0.225 e. The van der Waals surface area contributed by atoms with Crippen molar-refractivity contribution in [1.29, 1.82) is 0 Å². The van der Waals surface area contributed by atoms with Crippen LogP contribution in [0.2, 0.25) is 0 Å². The van der Waals surface area contributed by atoms with Gasteiger partial charge in [-0.05, 0) is 30.4 Å². The zero-order valence-corrected chi connectivity index (χ0v) is 15.9. The van der Waals surface area contributed by atoms with Gasteiger partial charge >= 0.3 is 0 Å². The average molecular weight is 382 g/mol. The Hall–Kier alpha value is -1.89. The monoisotopic (exact) mass is 382 g/mol. The Labute approximate surface area is 164 Å². The molecule has 1 aliphatic carbocycles. The van der Waals surface area contributed by atoms with Gasteiger partial charge in [-0.2, -0.15) is 0 Å². The molecule has 0 radical (unpaired) electrons. The van der Waals surface area contributed by atoms with E-state index in [0.29, 0.717) is 38.1 Å². The summed E-state index contributed by atoms with van der Waals surface area (Å²) in [6.45, 7) is 1.96. The van der Waals surface area contributed by atoms with Crippen LogP contribution in [0.25, 0.3) is 10.9 Å². The van der Waals surface area contributed by atoms with Crippen LogP contribution >= 0.6 is 0 Å². The van der Waals surface area contributed by atoms with Crippen molar-refractivity contribution in [3.05, 3.63) is 36.0 Å². The molecular weight excluding hydrogens is 356 g/mol. The number of piperidine rings is 1. The molecular formula is C22H26N2O4. The molecule has 4 fully saturated rings. The number of carbonyl (C=O) groups excluding carboxylic acids is 1. The third-order valence-electron chi connectivity index (χ3n) is 7.20. The summed E-state index contributed by atoms with van der Waals surface area (Å²) in [5.41, 5.74) is 2.40. The lowest BCUT2D eigenvalue weighted by molar-refractivity contribution is -0.214. The van der Waals surface area contributed by atoms with Gasteiger partial charge < -0.3 is 24.1 Å². The summed E-state index contributed by atoms with van der Waals surface area (Å²) in [5, 5.41) is 1.24. The Balaban J connectivity index is 1.22. The summed E-state index contributed by atoms with van der Waals surface area (Å²) in [5.74, 6) is 0.478. The highest BCUT2D eigenvalue weighted by Crippen LogP contribution is 2.49. The quantitative estimate of drug-likeness (QED) is 0.868. The van der Waals surface area contributed by atoms with Crippen LogP contribution in [0.15, 0.2) is 30.5 Å². The highest BCUT2D eigenvalue weighted by Gasteiger charge is 2.55. The largest absolute Gasteiger partial charge is 0.361 e. The van der Waals surface area contributed by atoms with E-state index in [4.69, 9.17) is 14.2 Å². The number of aromatic nitrogens is 1. The van der Waals surface area contributed by atoms with Gasteiger partial charge in [0, 0.05) is 42.3 Å². The van der Waals surface area contributed by atoms with Crippen LogP contribution in [0.4, 0.5) is 0 Å². The molecule has 3 aliphatic heterocycles. The minimum absolute atomic E-state index is 0.0831. The van der Waals surface area contributed by atoms with Crippen molar-refractivity contribution in [3.8, 4) is 0 Å². The van der Waals surface area contributed by atoms with Gasteiger partial charge in [0.15, 0.2) is 5.79 Å². The lowest BCUT2D eigenvalue weighted by atomic mass is 9.71. The number of nitrogens with zero attached hydrogens (tertiary/aromatic N) is 1. The van der Waals surface area contributed by atoms with E-state index in [0.717, 1.165) is 31.2 Å². The third kappa shape index (κ3) is 2.55. The number of aromatic amines is 1. The van der Waals surface area contributed by atoms with E-state index >= 15 is 0 Å². The number of hydrogen-bond donors (Lipinski definition) is 1. The van der Waals surface area contributed by atoms with Crippen LogP contribution in [0.1, 0.15) is 31.2 Å². The van der Waals surface area contributed by atoms with Gasteiger partial charge in [-0.15, -0.1) is 0 Å². The summed E-state index contributed by atoms with van der Waals surface area (Å²) in [6, 6.07) is 8.46. The SMILES string of the molecule is O=C1C[C@@H]2CC3(CC[C@H]2[C@@H]2OC[C@H](Cc4c[nH]c5ccccc45)N12)OCCO3. The van der Waals surface area contributed by atoms with Gasteiger partial charge in [-0.1, -0.05) is 18.2 Å². The first-order valence-electron chi connectivity index (χ1n) is 10.5. The van der Waals surface area contributed by atoms with Gasteiger partial charge in [0.2, 0.25) is 5.91 Å². The molecule has 3 saturated heterocycles. The van der Waals surface area contributed by atoms with Crippen molar-refractivity contribution in [2.75, 3.05) is 19.8 Å². The number of H-pyrrole nitrogens is 1. The number of nitrogens with one attached hydrogen (secondary N) is 1. The average Bonchev–Trinajstić information content (AvgIpc) is 3.42. The van der Waals surface area contributed by atoms with Crippen molar-refractivity contribution >= 4 is 16.8 Å². The fourth-order valence-electron chi connectivity index (χ4n) is 5.93. The molecule has 4 atom stereocenters. The van der Waals surface area contributed by atoms with Gasteiger partial charge in [0.25, 0.3) is 0 Å². The zero-order chi connectivity index (χ0) is 18.7. The fourth-order valence-corrected chi connectivity index (χ4v) is 5.93. The minimum atomic E-state index is -0.439. The normalized spacial score (nSPS) is 34.1. The van der Waals surface area contributed by atoms with E-state index in [1.54, 1.807) is 0 Å². The van der Waals surface area contributed by atoms with Crippen LogP contribution < -0.4 is 0 Å². The van der Waals surface area contributed by atoms with Gasteiger partial charge in [0.05, 0.1) is 25.9 Å². The molecule has 6 heteroatoms. The molecule has 1 saturated carbocycles. The van der Waals surface area contributed by atoms with Crippen molar-refractivity contribution in [2.24, 2.45) is 11.8 Å². The van der Waals surface area contributed by atoms with E-state index in [9.17, 15) is 4.79 Å². The standard InChI is InChI=1S/C22H26N2O4/c25-20-10-14-11-22(27-7-8-28-22)6-5-18(14)21-24(20)16(13-26-21)9-15-12-23-19-4-2-1-3-17(15)19/h1-4,12,14,16,18,21,23H,5-11,13H2/t14-,16+,18-,21+/m1/s1. The number of carbonyl (C=O) groups is 1. The van der Waals surface area contributed by atoms with E-state index in [1.807, 2.05) is 6.07 Å². The first-order chi connectivity index (χ1) is 13.7. The van der Waals surface area contributed by atoms with E-state index in [1.165, 1.54) is 10.9 Å². The minimum Gasteiger partial charge on any atom is -0.361 e. The Kier molecular flexibility index (Phi) is 3.83. The Morgan fingerprint density at radius 2 is 2.07 bits per heavy atom. The second-order valence-electron chi connectivity index (χ2n) is 8.72. The number of para-hydroxylation sites is 1. The molecule has 0 bridgehead atoms. The summed E-state index contributed by atoms with van der Waals surface area (Å²) in [6.07, 6.45) is 6.14. The number of hydrogen-bond acceptors (Lipinski definition) is 4. The number of ether oxygens (including phenoxy) is 3. The van der Waals surface area contributed by atoms with Crippen molar-refractivity contribution < 1.29 is 19.0 Å². The molecule has 1 aromatic carbocycles. The van der Waals surface area contributed by atoms with Gasteiger partial charge in [0.1, 0.15) is 6.23 Å². The van der Waals surface area contributed by atoms with Crippen molar-refractivity contribution in [1.82, 2.24) is 9.88 Å². The fraction of sp³-hybridized carbons (Fsp3) is 0.591. The number of benzene rings is 1. The predicted molar refractivity (Wildman–Crippen MR) is 102 cm³/mol. The summed E-state index contributed by atoms with van der Waals surface area (Å²) in [4.78, 5) is 18.5. The second kappa shape index (κ2) is 6.31. The summed E-state index contributed by atoms with van der Waals surface area (Å²) >= 11 is 0. The number of fused-ring (bicyclic) bond motifs is 4. The molecule has 2 aromatic rings. The lowest BCUT2D eigenvalue weighted by Gasteiger charge is -2.48. The maximum Gasteiger partial charge on any atom is 0.225 e. The van der Waals surface area contributed by atoms with Crippen LogP contribution in [0.3, 0.4) is 0 Å². The second-order valence-corrected chi connectivity index (χ2v) is 8.72. The molecule has 4 heterocycles. The molecule has 148 valence electrons. The molecule has 1 N–H and O–H groups in total. The maximum absolute atomic E-state index is 13.1. The Morgan fingerprint density at radius 1 is 1.21 bits per heavy atom. The topological polar surface area (TPSA) is 63.8 Å². The Morgan fingerprint density at radius 3 is 2.96 bits per heavy atom. The van der Waals surface area contributed by atoms with Crippen LogP contribution in [-0.4, -0.2) is 53.7 Å². The maximum atomic E-state index is 13.1. The molecule has 1 spiro atoms. The van der Waals surface area contributed by atoms with E-state index < -0.39 is 5.79 Å². The number of rotatable bonds is 2. The Bertz CT molecular complexity index is 903.